The summed E-state index contributed by atoms with van der Waals surface area (Å²) in [5.41, 5.74) is 4.20. The van der Waals surface area contributed by atoms with Crippen molar-refractivity contribution >= 4 is 20.9 Å². The molecule has 0 bridgehead atoms. The number of fused-ring (bicyclic) bond motifs is 1. The number of aryl methyl sites for hydroxylation is 2. The third-order valence-corrected chi connectivity index (χ3v) is 6.85. The maximum atomic E-state index is 13.7. The van der Waals surface area contributed by atoms with Gasteiger partial charge in [0, 0.05) is 23.3 Å². The third kappa shape index (κ3) is 3.15. The van der Waals surface area contributed by atoms with Crippen molar-refractivity contribution in [2.45, 2.75) is 24.0 Å². The summed E-state index contributed by atoms with van der Waals surface area (Å²) in [7, 11) is -3.65. The maximum absolute atomic E-state index is 13.7. The second kappa shape index (κ2) is 6.67. The Balaban J connectivity index is 1.98. The largest absolute Gasteiger partial charge is 0.346 e. The lowest BCUT2D eigenvalue weighted by atomic mass is 10.0. The number of hydrogen-bond acceptors (Lipinski definition) is 3. The van der Waals surface area contributed by atoms with Crippen molar-refractivity contribution in [3.05, 3.63) is 95.3 Å². The second-order valence-corrected chi connectivity index (χ2v) is 8.83. The molecule has 0 radical (unpaired) electrons. The lowest BCUT2D eigenvalue weighted by Gasteiger charge is -2.19. The van der Waals surface area contributed by atoms with Crippen LogP contribution in [0.3, 0.4) is 0 Å². The van der Waals surface area contributed by atoms with Crippen LogP contribution in [0, 0.1) is 13.8 Å². The van der Waals surface area contributed by atoms with Crippen LogP contribution in [-0.2, 0) is 9.84 Å². The van der Waals surface area contributed by atoms with Gasteiger partial charge < -0.3 is 4.98 Å². The molecular formula is C22H20N2O2S. The standard InChI is InChI=1S/C22H20N2O2S/c1-15-8-10-18(11-9-15)27(25,26)21(17-6-3-5-16(2)13-17)20-14-24-22-19(20)7-4-12-23-22/h3-14,21H,1-2H3,(H,23,24). The van der Waals surface area contributed by atoms with Crippen LogP contribution >= 0.6 is 0 Å². The van der Waals surface area contributed by atoms with Crippen molar-refractivity contribution in [1.29, 1.82) is 0 Å². The highest BCUT2D eigenvalue weighted by Gasteiger charge is 2.32. The summed E-state index contributed by atoms with van der Waals surface area (Å²) in [6.07, 6.45) is 3.45. The molecule has 0 spiro atoms. The second-order valence-electron chi connectivity index (χ2n) is 6.80. The van der Waals surface area contributed by atoms with Crippen LogP contribution in [-0.4, -0.2) is 18.4 Å². The number of hydrogen-bond donors (Lipinski definition) is 1. The van der Waals surface area contributed by atoms with Crippen molar-refractivity contribution < 1.29 is 8.42 Å². The van der Waals surface area contributed by atoms with Crippen LogP contribution in [0.2, 0.25) is 0 Å². The molecule has 0 aliphatic carbocycles. The quantitative estimate of drug-likeness (QED) is 0.559. The highest BCUT2D eigenvalue weighted by atomic mass is 32.2. The van der Waals surface area contributed by atoms with Gasteiger partial charge in [0.25, 0.3) is 0 Å². The Morgan fingerprint density at radius 2 is 1.70 bits per heavy atom. The van der Waals surface area contributed by atoms with E-state index in [9.17, 15) is 8.42 Å². The fraction of sp³-hybridized carbons (Fsp3) is 0.136. The normalized spacial score (nSPS) is 13.0. The number of sulfone groups is 1. The first kappa shape index (κ1) is 17.5. The van der Waals surface area contributed by atoms with E-state index in [0.29, 0.717) is 16.1 Å². The fourth-order valence-electron chi connectivity index (χ4n) is 3.42. The summed E-state index contributed by atoms with van der Waals surface area (Å²) in [4.78, 5) is 7.74. The molecule has 5 heteroatoms. The molecule has 0 aliphatic rings. The van der Waals surface area contributed by atoms with E-state index in [1.54, 1.807) is 24.5 Å². The van der Waals surface area contributed by atoms with Crippen molar-refractivity contribution in [2.24, 2.45) is 0 Å². The Morgan fingerprint density at radius 3 is 2.44 bits per heavy atom. The predicted octanol–water partition coefficient (Wildman–Crippen LogP) is 4.74. The zero-order valence-corrected chi connectivity index (χ0v) is 16.0. The van der Waals surface area contributed by atoms with Gasteiger partial charge in [-0.1, -0.05) is 47.5 Å². The van der Waals surface area contributed by atoms with Crippen LogP contribution in [0.4, 0.5) is 0 Å². The van der Waals surface area contributed by atoms with Gasteiger partial charge in [-0.05, 0) is 43.7 Å². The Morgan fingerprint density at radius 1 is 0.926 bits per heavy atom. The molecule has 0 saturated carbocycles. The zero-order valence-electron chi connectivity index (χ0n) is 15.2. The van der Waals surface area contributed by atoms with Gasteiger partial charge in [0.1, 0.15) is 10.9 Å². The summed E-state index contributed by atoms with van der Waals surface area (Å²) in [6, 6.07) is 18.4. The Labute approximate surface area is 158 Å². The first-order valence-corrected chi connectivity index (χ1v) is 10.3. The molecule has 0 aliphatic heterocycles. The highest BCUT2D eigenvalue weighted by molar-refractivity contribution is 7.92. The minimum Gasteiger partial charge on any atom is -0.346 e. The van der Waals surface area contributed by atoms with E-state index in [0.717, 1.165) is 22.1 Å². The monoisotopic (exact) mass is 376 g/mol. The van der Waals surface area contributed by atoms with E-state index in [-0.39, 0.29) is 0 Å². The molecular weight excluding hydrogens is 356 g/mol. The highest BCUT2D eigenvalue weighted by Crippen LogP contribution is 2.38. The van der Waals surface area contributed by atoms with Gasteiger partial charge in [-0.15, -0.1) is 0 Å². The third-order valence-electron chi connectivity index (χ3n) is 4.77. The molecule has 4 nitrogen and oxygen atoms in total. The average Bonchev–Trinajstić information content (AvgIpc) is 3.06. The molecule has 0 saturated heterocycles. The number of rotatable bonds is 4. The Kier molecular flexibility index (Phi) is 4.32. The molecule has 136 valence electrons. The van der Waals surface area contributed by atoms with Crippen molar-refractivity contribution in [3.63, 3.8) is 0 Å². The number of pyridine rings is 1. The van der Waals surface area contributed by atoms with E-state index in [2.05, 4.69) is 9.97 Å². The van der Waals surface area contributed by atoms with Crippen LogP contribution in [0.15, 0.2) is 78.0 Å². The van der Waals surface area contributed by atoms with E-state index < -0.39 is 15.1 Å². The number of aromatic nitrogens is 2. The van der Waals surface area contributed by atoms with Crippen molar-refractivity contribution in [3.8, 4) is 0 Å². The molecule has 0 amide bonds. The summed E-state index contributed by atoms with van der Waals surface area (Å²) in [5, 5.41) is 0.0118. The molecule has 4 aromatic rings. The minimum absolute atomic E-state index is 0.317. The first-order chi connectivity index (χ1) is 13.0. The van der Waals surface area contributed by atoms with Crippen LogP contribution < -0.4 is 0 Å². The van der Waals surface area contributed by atoms with Crippen LogP contribution in [0.25, 0.3) is 11.0 Å². The number of nitrogens with one attached hydrogen (secondary N) is 1. The molecule has 0 fully saturated rings. The maximum Gasteiger partial charge on any atom is 0.189 e. The molecule has 1 atom stereocenters. The van der Waals surface area contributed by atoms with Crippen molar-refractivity contribution in [1.82, 2.24) is 9.97 Å². The lowest BCUT2D eigenvalue weighted by Crippen LogP contribution is -2.15. The minimum atomic E-state index is -3.65. The van der Waals surface area contributed by atoms with Gasteiger partial charge >= 0.3 is 0 Å². The summed E-state index contributed by atoms with van der Waals surface area (Å²) < 4.78 is 27.3. The van der Waals surface area contributed by atoms with Gasteiger partial charge in [-0.3, -0.25) is 0 Å². The van der Waals surface area contributed by atoms with Gasteiger partial charge in [0.15, 0.2) is 9.84 Å². The topological polar surface area (TPSA) is 62.8 Å². The molecule has 2 aromatic heterocycles. The van der Waals surface area contributed by atoms with Gasteiger partial charge in [0.05, 0.1) is 4.90 Å². The van der Waals surface area contributed by atoms with E-state index in [1.165, 1.54) is 0 Å². The van der Waals surface area contributed by atoms with Gasteiger partial charge in [-0.25, -0.2) is 13.4 Å². The van der Waals surface area contributed by atoms with Gasteiger partial charge in [-0.2, -0.15) is 0 Å². The lowest BCUT2D eigenvalue weighted by molar-refractivity contribution is 0.589. The molecule has 2 aromatic carbocycles. The number of H-pyrrole nitrogens is 1. The number of benzene rings is 2. The van der Waals surface area contributed by atoms with Gasteiger partial charge in [0.2, 0.25) is 0 Å². The number of nitrogens with zero attached hydrogens (tertiary/aromatic N) is 1. The van der Waals surface area contributed by atoms with E-state index in [4.69, 9.17) is 0 Å². The van der Waals surface area contributed by atoms with Crippen LogP contribution in [0.5, 0.6) is 0 Å². The molecule has 2 heterocycles. The summed E-state index contributed by atoms with van der Waals surface area (Å²) in [5.74, 6) is 0. The predicted molar refractivity (Wildman–Crippen MR) is 107 cm³/mol. The molecule has 1 N–H and O–H groups in total. The molecule has 4 rings (SSSR count). The van der Waals surface area contributed by atoms with E-state index >= 15 is 0 Å². The smallest absolute Gasteiger partial charge is 0.189 e. The summed E-state index contributed by atoms with van der Waals surface area (Å²) in [6.45, 7) is 3.91. The average molecular weight is 376 g/mol. The number of aromatic amines is 1. The molecule has 27 heavy (non-hydrogen) atoms. The van der Waals surface area contributed by atoms with E-state index in [1.807, 2.05) is 62.4 Å². The fourth-order valence-corrected chi connectivity index (χ4v) is 5.24. The zero-order chi connectivity index (χ0) is 19.0. The van der Waals surface area contributed by atoms with Crippen molar-refractivity contribution in [2.75, 3.05) is 0 Å². The summed E-state index contributed by atoms with van der Waals surface area (Å²) >= 11 is 0. The van der Waals surface area contributed by atoms with Crippen LogP contribution in [0.1, 0.15) is 27.5 Å². The Bertz CT molecular complexity index is 1210. The molecule has 1 unspecified atom stereocenters. The first-order valence-electron chi connectivity index (χ1n) is 8.76. The SMILES string of the molecule is Cc1ccc(S(=O)(=O)C(c2cccc(C)c2)c2c[nH]c3ncccc23)cc1. The Hall–Kier alpha value is -2.92.